The molecule has 5 heteroatoms. The van der Waals surface area contributed by atoms with E-state index in [4.69, 9.17) is 12.2 Å². The van der Waals surface area contributed by atoms with E-state index < -0.39 is 0 Å². The monoisotopic (exact) mass is 251 g/mol. The molecule has 0 radical (unpaired) electrons. The molecule has 1 saturated heterocycles. The molecule has 1 aromatic rings. The Hall–Kier alpha value is -1.36. The van der Waals surface area contributed by atoms with Crippen LogP contribution in [0.1, 0.15) is 31.9 Å². The van der Waals surface area contributed by atoms with Crippen LogP contribution in [-0.2, 0) is 0 Å². The Morgan fingerprint density at radius 2 is 2.18 bits per heavy atom. The highest BCUT2D eigenvalue weighted by Gasteiger charge is 2.12. The number of rotatable bonds is 2. The van der Waals surface area contributed by atoms with Crippen LogP contribution in [0.2, 0.25) is 0 Å². The zero-order valence-corrected chi connectivity index (χ0v) is 10.8. The van der Waals surface area contributed by atoms with Crippen LogP contribution >= 0.6 is 12.2 Å². The van der Waals surface area contributed by atoms with Gasteiger partial charge < -0.3 is 15.0 Å². The Morgan fingerprint density at radius 1 is 1.47 bits per heavy atom. The normalized spacial score (nSPS) is 17.2. The summed E-state index contributed by atoms with van der Waals surface area (Å²) in [5, 5.41) is 9.27. The summed E-state index contributed by atoms with van der Waals surface area (Å²) < 4.78 is 0.459. The molecule has 2 heterocycles. The van der Waals surface area contributed by atoms with E-state index in [9.17, 15) is 5.11 Å². The first kappa shape index (κ1) is 12.1. The van der Waals surface area contributed by atoms with Gasteiger partial charge in [-0.2, -0.15) is 0 Å². The SMILES string of the molecule is CC(O)=Cc1cc(N2CCCCC2)nc(=S)[nH]1. The number of aliphatic hydroxyl groups is 1. The standard InChI is InChI=1S/C12H17N3OS/c1-9(16)7-10-8-11(14-12(17)13-10)15-5-3-2-4-6-15/h7-8,16H,2-6H2,1H3,(H,13,14,17). The molecular formula is C12H17N3OS. The largest absolute Gasteiger partial charge is 0.513 e. The molecule has 1 fully saturated rings. The summed E-state index contributed by atoms with van der Waals surface area (Å²) in [7, 11) is 0. The minimum atomic E-state index is 0.256. The molecule has 17 heavy (non-hydrogen) atoms. The zero-order chi connectivity index (χ0) is 12.3. The third-order valence-electron chi connectivity index (χ3n) is 2.80. The van der Waals surface area contributed by atoms with Crippen LogP contribution in [0.4, 0.5) is 5.82 Å². The molecule has 0 atom stereocenters. The molecule has 0 aromatic carbocycles. The van der Waals surface area contributed by atoms with Crippen molar-refractivity contribution < 1.29 is 5.11 Å². The molecular weight excluding hydrogens is 234 g/mol. The minimum absolute atomic E-state index is 0.256. The van der Waals surface area contributed by atoms with Crippen LogP contribution in [0.25, 0.3) is 6.08 Å². The summed E-state index contributed by atoms with van der Waals surface area (Å²) in [4.78, 5) is 9.55. The van der Waals surface area contributed by atoms with Crippen LogP contribution in [-0.4, -0.2) is 28.2 Å². The van der Waals surface area contributed by atoms with Gasteiger partial charge in [-0.25, -0.2) is 4.98 Å². The summed E-state index contributed by atoms with van der Waals surface area (Å²) in [6.45, 7) is 3.71. The molecule has 2 N–H and O–H groups in total. The van der Waals surface area contributed by atoms with Gasteiger partial charge in [0.15, 0.2) is 4.77 Å². The number of hydrogen-bond acceptors (Lipinski definition) is 4. The van der Waals surface area contributed by atoms with Crippen molar-refractivity contribution in [3.05, 3.63) is 22.3 Å². The van der Waals surface area contributed by atoms with Crippen molar-refractivity contribution in [2.75, 3.05) is 18.0 Å². The first-order valence-corrected chi connectivity index (χ1v) is 6.29. The molecule has 0 bridgehead atoms. The Bertz CT molecular complexity index is 471. The minimum Gasteiger partial charge on any atom is -0.513 e. The molecule has 0 amide bonds. The Kier molecular flexibility index (Phi) is 3.78. The van der Waals surface area contributed by atoms with Crippen LogP contribution in [0.15, 0.2) is 11.8 Å². The lowest BCUT2D eigenvalue weighted by Crippen LogP contribution is -2.30. The zero-order valence-electron chi connectivity index (χ0n) is 9.94. The smallest absolute Gasteiger partial charge is 0.199 e. The van der Waals surface area contributed by atoms with Crippen molar-refractivity contribution in [3.63, 3.8) is 0 Å². The first-order chi connectivity index (χ1) is 8.15. The van der Waals surface area contributed by atoms with Gasteiger partial charge in [0.2, 0.25) is 0 Å². The van der Waals surface area contributed by atoms with E-state index in [0.29, 0.717) is 4.77 Å². The lowest BCUT2D eigenvalue weighted by molar-refractivity contribution is 0.419. The van der Waals surface area contributed by atoms with Crippen molar-refractivity contribution >= 4 is 24.1 Å². The molecule has 1 aliphatic rings. The van der Waals surface area contributed by atoms with Gasteiger partial charge >= 0.3 is 0 Å². The summed E-state index contributed by atoms with van der Waals surface area (Å²) in [5.74, 6) is 1.16. The van der Waals surface area contributed by atoms with Gasteiger partial charge in [0.05, 0.1) is 5.76 Å². The number of hydrogen-bond donors (Lipinski definition) is 2. The molecule has 0 saturated carbocycles. The number of H-pyrrole nitrogens is 1. The van der Waals surface area contributed by atoms with Crippen molar-refractivity contribution in [1.82, 2.24) is 9.97 Å². The van der Waals surface area contributed by atoms with E-state index in [1.54, 1.807) is 13.0 Å². The van der Waals surface area contributed by atoms with Crippen molar-refractivity contribution in [2.24, 2.45) is 0 Å². The fourth-order valence-corrected chi connectivity index (χ4v) is 2.26. The third kappa shape index (κ3) is 3.30. The van der Waals surface area contributed by atoms with E-state index in [1.807, 2.05) is 6.07 Å². The first-order valence-electron chi connectivity index (χ1n) is 5.89. The average Bonchev–Trinajstić information content (AvgIpc) is 2.28. The third-order valence-corrected chi connectivity index (χ3v) is 2.99. The molecule has 0 spiro atoms. The highest BCUT2D eigenvalue weighted by atomic mass is 32.1. The van der Waals surface area contributed by atoms with Crippen molar-refractivity contribution in [2.45, 2.75) is 26.2 Å². The Morgan fingerprint density at radius 3 is 2.82 bits per heavy atom. The van der Waals surface area contributed by atoms with Gasteiger partial charge in [0, 0.05) is 24.8 Å². The quantitative estimate of drug-likeness (QED) is 0.626. The number of piperidine rings is 1. The molecule has 2 rings (SSSR count). The number of nitrogens with one attached hydrogen (secondary N) is 1. The summed E-state index contributed by atoms with van der Waals surface area (Å²) >= 11 is 5.10. The number of aromatic amines is 1. The second-order valence-corrected chi connectivity index (χ2v) is 4.72. The molecule has 4 nitrogen and oxygen atoms in total. The molecule has 1 aromatic heterocycles. The van der Waals surface area contributed by atoms with Crippen LogP contribution in [0.3, 0.4) is 0 Å². The average molecular weight is 251 g/mol. The van der Waals surface area contributed by atoms with Gasteiger partial charge in [-0.1, -0.05) is 0 Å². The Balaban J connectivity index is 2.30. The topological polar surface area (TPSA) is 52.1 Å². The number of anilines is 1. The van der Waals surface area contributed by atoms with E-state index in [0.717, 1.165) is 24.6 Å². The number of allylic oxidation sites excluding steroid dienone is 1. The molecule has 92 valence electrons. The van der Waals surface area contributed by atoms with Gasteiger partial charge in [0.25, 0.3) is 0 Å². The second kappa shape index (κ2) is 5.31. The van der Waals surface area contributed by atoms with Gasteiger partial charge in [-0.05, 0) is 44.5 Å². The lowest BCUT2D eigenvalue weighted by Gasteiger charge is -2.27. The van der Waals surface area contributed by atoms with E-state index in [2.05, 4.69) is 14.9 Å². The van der Waals surface area contributed by atoms with Crippen LogP contribution in [0, 0.1) is 4.77 Å². The van der Waals surface area contributed by atoms with Crippen LogP contribution < -0.4 is 4.90 Å². The van der Waals surface area contributed by atoms with Crippen molar-refractivity contribution in [3.8, 4) is 0 Å². The highest BCUT2D eigenvalue weighted by molar-refractivity contribution is 7.71. The molecule has 0 unspecified atom stereocenters. The maximum atomic E-state index is 9.27. The fraction of sp³-hybridized carbons (Fsp3) is 0.500. The van der Waals surface area contributed by atoms with E-state index >= 15 is 0 Å². The molecule has 1 aliphatic heterocycles. The van der Waals surface area contributed by atoms with Gasteiger partial charge in [-0.15, -0.1) is 0 Å². The van der Waals surface area contributed by atoms with E-state index in [1.165, 1.54) is 19.3 Å². The summed E-state index contributed by atoms with van der Waals surface area (Å²) in [6, 6.07) is 1.93. The maximum Gasteiger partial charge on any atom is 0.199 e. The van der Waals surface area contributed by atoms with Gasteiger partial charge in [-0.3, -0.25) is 0 Å². The van der Waals surface area contributed by atoms with E-state index in [-0.39, 0.29) is 5.76 Å². The summed E-state index contributed by atoms with van der Waals surface area (Å²) in [6.07, 6.45) is 5.36. The van der Waals surface area contributed by atoms with Gasteiger partial charge in [0.1, 0.15) is 5.82 Å². The van der Waals surface area contributed by atoms with Crippen LogP contribution in [0.5, 0.6) is 0 Å². The number of nitrogens with zero attached hydrogens (tertiary/aromatic N) is 2. The highest BCUT2D eigenvalue weighted by Crippen LogP contribution is 2.18. The number of aliphatic hydroxyl groups excluding tert-OH is 1. The maximum absolute atomic E-state index is 9.27. The lowest BCUT2D eigenvalue weighted by atomic mass is 10.1. The fourth-order valence-electron chi connectivity index (χ4n) is 2.05. The number of aromatic nitrogens is 2. The summed E-state index contributed by atoms with van der Waals surface area (Å²) in [5.41, 5.74) is 0.797. The predicted molar refractivity (Wildman–Crippen MR) is 71.8 cm³/mol. The molecule has 0 aliphatic carbocycles. The second-order valence-electron chi connectivity index (χ2n) is 4.33. The van der Waals surface area contributed by atoms with Crippen molar-refractivity contribution in [1.29, 1.82) is 0 Å². The predicted octanol–water partition coefficient (Wildman–Crippen LogP) is 3.05. The Labute approximate surface area is 106 Å².